The third-order valence-electron chi connectivity index (χ3n) is 3.05. The van der Waals surface area contributed by atoms with Gasteiger partial charge in [0, 0.05) is 13.0 Å². The van der Waals surface area contributed by atoms with Crippen molar-refractivity contribution in [1.82, 2.24) is 10.6 Å². The van der Waals surface area contributed by atoms with Gasteiger partial charge in [-0.2, -0.15) is 0 Å². The molecule has 0 heterocycles. The van der Waals surface area contributed by atoms with E-state index in [0.29, 0.717) is 32.4 Å². The molecule has 1 atom stereocenters. The molecular formula is C14H26N2O5. The van der Waals surface area contributed by atoms with E-state index in [4.69, 9.17) is 9.84 Å². The largest absolute Gasteiger partial charge is 0.480 e. The number of aliphatic carboxylic acids is 1. The van der Waals surface area contributed by atoms with E-state index in [9.17, 15) is 14.4 Å². The van der Waals surface area contributed by atoms with Crippen LogP contribution in [-0.4, -0.2) is 48.2 Å². The van der Waals surface area contributed by atoms with Gasteiger partial charge in [0.05, 0.1) is 13.2 Å². The van der Waals surface area contributed by atoms with Gasteiger partial charge in [-0.25, -0.2) is 0 Å². The lowest BCUT2D eigenvalue weighted by Crippen LogP contribution is -2.52. The highest BCUT2D eigenvalue weighted by molar-refractivity contribution is 5.81. The van der Waals surface area contributed by atoms with Gasteiger partial charge >= 0.3 is 11.9 Å². The van der Waals surface area contributed by atoms with Crippen LogP contribution in [0.5, 0.6) is 0 Å². The first-order chi connectivity index (χ1) is 9.85. The van der Waals surface area contributed by atoms with Crippen molar-refractivity contribution in [2.45, 2.75) is 52.0 Å². The zero-order chi connectivity index (χ0) is 16.3. The molecule has 0 spiro atoms. The Labute approximate surface area is 125 Å². The molecule has 21 heavy (non-hydrogen) atoms. The van der Waals surface area contributed by atoms with E-state index < -0.39 is 11.5 Å². The Hall–Kier alpha value is -1.63. The number of carbonyl (C=O) groups excluding carboxylic acids is 2. The predicted molar refractivity (Wildman–Crippen MR) is 77.8 cm³/mol. The summed E-state index contributed by atoms with van der Waals surface area (Å²) in [6.07, 6.45) is 1.90. The lowest BCUT2D eigenvalue weighted by Gasteiger charge is -2.25. The second kappa shape index (κ2) is 10.1. The van der Waals surface area contributed by atoms with Gasteiger partial charge in [0.1, 0.15) is 5.54 Å². The molecule has 0 aliphatic rings. The third kappa shape index (κ3) is 8.29. The minimum absolute atomic E-state index is 0.0673. The summed E-state index contributed by atoms with van der Waals surface area (Å²) in [6, 6.07) is 0. The van der Waals surface area contributed by atoms with Crippen LogP contribution in [0.3, 0.4) is 0 Å². The Morgan fingerprint density at radius 1 is 1.24 bits per heavy atom. The number of esters is 1. The van der Waals surface area contributed by atoms with Crippen LogP contribution in [-0.2, 0) is 19.1 Å². The fourth-order valence-corrected chi connectivity index (χ4v) is 1.80. The quantitative estimate of drug-likeness (QED) is 0.383. The molecule has 0 bridgehead atoms. The van der Waals surface area contributed by atoms with Gasteiger partial charge in [0.2, 0.25) is 5.91 Å². The lowest BCUT2D eigenvalue weighted by molar-refractivity contribution is -0.145. The number of nitrogens with one attached hydrogen (secondary N) is 2. The van der Waals surface area contributed by atoms with Gasteiger partial charge in [-0.1, -0.05) is 13.3 Å². The normalized spacial score (nSPS) is 13.3. The number of carboxylic acid groups (broad SMARTS) is 1. The van der Waals surface area contributed by atoms with E-state index in [1.165, 1.54) is 0 Å². The Morgan fingerprint density at radius 3 is 2.43 bits per heavy atom. The molecule has 0 saturated carbocycles. The number of ether oxygens (including phenoxy) is 1. The topological polar surface area (TPSA) is 105 Å². The minimum Gasteiger partial charge on any atom is -0.480 e. The summed E-state index contributed by atoms with van der Waals surface area (Å²) in [4.78, 5) is 33.9. The number of carbonyl (C=O) groups is 3. The summed E-state index contributed by atoms with van der Waals surface area (Å²) < 4.78 is 4.77. The minimum atomic E-state index is -1.10. The molecule has 3 N–H and O–H groups in total. The first kappa shape index (κ1) is 19.4. The van der Waals surface area contributed by atoms with Crippen LogP contribution in [0.1, 0.15) is 46.5 Å². The average Bonchev–Trinajstić information content (AvgIpc) is 2.42. The van der Waals surface area contributed by atoms with E-state index >= 15 is 0 Å². The van der Waals surface area contributed by atoms with Crippen molar-refractivity contribution in [2.24, 2.45) is 0 Å². The fraction of sp³-hybridized carbons (Fsp3) is 0.786. The number of amides is 1. The van der Waals surface area contributed by atoms with Crippen molar-refractivity contribution in [1.29, 1.82) is 0 Å². The van der Waals surface area contributed by atoms with Gasteiger partial charge in [0.15, 0.2) is 0 Å². The van der Waals surface area contributed by atoms with Crippen LogP contribution in [0.4, 0.5) is 0 Å². The Balaban J connectivity index is 3.94. The Morgan fingerprint density at radius 2 is 1.90 bits per heavy atom. The van der Waals surface area contributed by atoms with E-state index in [2.05, 4.69) is 10.6 Å². The van der Waals surface area contributed by atoms with Crippen LogP contribution < -0.4 is 10.6 Å². The molecule has 0 aliphatic heterocycles. The maximum Gasteiger partial charge on any atom is 0.323 e. The zero-order valence-corrected chi connectivity index (χ0v) is 13.0. The maximum atomic E-state index is 11.6. The molecule has 0 rings (SSSR count). The predicted octanol–water partition coefficient (Wildman–Crippen LogP) is 0.679. The van der Waals surface area contributed by atoms with Crippen LogP contribution in [0, 0.1) is 0 Å². The Bertz CT molecular complexity index is 359. The van der Waals surface area contributed by atoms with Crippen molar-refractivity contribution < 1.29 is 24.2 Å². The molecular weight excluding hydrogens is 276 g/mol. The monoisotopic (exact) mass is 302 g/mol. The summed E-state index contributed by atoms with van der Waals surface area (Å²) in [5.74, 6) is -1.55. The summed E-state index contributed by atoms with van der Waals surface area (Å²) in [7, 11) is 0. The van der Waals surface area contributed by atoms with E-state index in [-0.39, 0.29) is 24.8 Å². The SMILES string of the molecule is CCCC(C)(NCC(=O)NCCCC(=O)OCC)C(=O)O. The Kier molecular flexibility index (Phi) is 9.36. The molecule has 0 radical (unpaired) electrons. The van der Waals surface area contributed by atoms with Crippen molar-refractivity contribution >= 4 is 17.8 Å². The van der Waals surface area contributed by atoms with Crippen molar-refractivity contribution in [3.8, 4) is 0 Å². The van der Waals surface area contributed by atoms with Crippen molar-refractivity contribution in [3.63, 3.8) is 0 Å². The molecule has 1 unspecified atom stereocenters. The first-order valence-electron chi connectivity index (χ1n) is 7.26. The molecule has 7 heteroatoms. The highest BCUT2D eigenvalue weighted by atomic mass is 16.5. The maximum absolute atomic E-state index is 11.6. The van der Waals surface area contributed by atoms with E-state index in [0.717, 1.165) is 0 Å². The van der Waals surface area contributed by atoms with Gasteiger partial charge in [-0.15, -0.1) is 0 Å². The van der Waals surface area contributed by atoms with Gasteiger partial charge in [-0.05, 0) is 26.7 Å². The van der Waals surface area contributed by atoms with Gasteiger partial charge < -0.3 is 15.2 Å². The number of hydrogen-bond acceptors (Lipinski definition) is 5. The molecule has 0 saturated heterocycles. The van der Waals surface area contributed by atoms with E-state index in [1.807, 2.05) is 6.92 Å². The average molecular weight is 302 g/mol. The number of rotatable bonds is 11. The van der Waals surface area contributed by atoms with Crippen LogP contribution in [0.2, 0.25) is 0 Å². The molecule has 0 aliphatic carbocycles. The molecule has 0 fully saturated rings. The van der Waals surface area contributed by atoms with Crippen LogP contribution in [0.25, 0.3) is 0 Å². The van der Waals surface area contributed by atoms with E-state index in [1.54, 1.807) is 13.8 Å². The highest BCUT2D eigenvalue weighted by Gasteiger charge is 2.31. The fourth-order valence-electron chi connectivity index (χ4n) is 1.80. The molecule has 1 amide bonds. The first-order valence-corrected chi connectivity index (χ1v) is 7.26. The number of carboxylic acids is 1. The van der Waals surface area contributed by atoms with Gasteiger partial charge in [-0.3, -0.25) is 19.7 Å². The van der Waals surface area contributed by atoms with Crippen LogP contribution in [0.15, 0.2) is 0 Å². The summed E-state index contributed by atoms with van der Waals surface area (Å²) >= 11 is 0. The van der Waals surface area contributed by atoms with Gasteiger partial charge in [0.25, 0.3) is 0 Å². The van der Waals surface area contributed by atoms with Crippen molar-refractivity contribution in [3.05, 3.63) is 0 Å². The van der Waals surface area contributed by atoms with Crippen LogP contribution >= 0.6 is 0 Å². The molecule has 7 nitrogen and oxygen atoms in total. The summed E-state index contributed by atoms with van der Waals surface area (Å²) in [6.45, 7) is 5.83. The standard InChI is InChI=1S/C14H26N2O5/c1-4-8-14(3,13(19)20)16-10-11(17)15-9-6-7-12(18)21-5-2/h16H,4-10H2,1-3H3,(H,15,17)(H,19,20). The smallest absolute Gasteiger partial charge is 0.323 e. The summed E-state index contributed by atoms with van der Waals surface area (Å²) in [5.41, 5.74) is -1.10. The molecule has 122 valence electrons. The molecule has 0 aromatic rings. The lowest BCUT2D eigenvalue weighted by atomic mass is 9.96. The van der Waals surface area contributed by atoms with Crippen molar-refractivity contribution in [2.75, 3.05) is 19.7 Å². The third-order valence-corrected chi connectivity index (χ3v) is 3.05. The summed E-state index contributed by atoms with van der Waals surface area (Å²) in [5, 5.41) is 14.6. The zero-order valence-electron chi connectivity index (χ0n) is 13.0. The molecule has 0 aromatic heterocycles. The number of hydrogen-bond donors (Lipinski definition) is 3. The highest BCUT2D eigenvalue weighted by Crippen LogP contribution is 2.11. The molecule has 0 aromatic carbocycles. The second-order valence-electron chi connectivity index (χ2n) is 5.00. The second-order valence-corrected chi connectivity index (χ2v) is 5.00.